The van der Waals surface area contributed by atoms with Crippen molar-refractivity contribution in [2.45, 2.75) is 0 Å². The van der Waals surface area contributed by atoms with Crippen molar-refractivity contribution < 1.29 is 14.3 Å². The van der Waals surface area contributed by atoms with Crippen LogP contribution < -0.4 is 19.9 Å². The van der Waals surface area contributed by atoms with E-state index in [2.05, 4.69) is 31.4 Å². The van der Waals surface area contributed by atoms with Crippen molar-refractivity contribution in [3.05, 3.63) is 36.5 Å². The lowest BCUT2D eigenvalue weighted by molar-refractivity contribution is 0.122. The Morgan fingerprint density at radius 3 is 2.62 bits per heavy atom. The maximum Gasteiger partial charge on any atom is 0.321 e. The van der Waals surface area contributed by atoms with Crippen LogP contribution in [0, 0.1) is 0 Å². The van der Waals surface area contributed by atoms with Crippen molar-refractivity contribution in [1.82, 2.24) is 15.1 Å². The zero-order valence-electron chi connectivity index (χ0n) is 16.6. The number of urea groups is 1. The highest BCUT2D eigenvalue weighted by Gasteiger charge is 2.23. The summed E-state index contributed by atoms with van der Waals surface area (Å²) in [6, 6.07) is 9.33. The van der Waals surface area contributed by atoms with Crippen LogP contribution in [0.4, 0.5) is 22.0 Å². The Hall–Kier alpha value is -3.07. The first kappa shape index (κ1) is 19.3. The van der Waals surface area contributed by atoms with Crippen molar-refractivity contribution in [3.8, 4) is 5.75 Å². The monoisotopic (exact) mass is 398 g/mol. The van der Waals surface area contributed by atoms with Crippen LogP contribution in [-0.4, -0.2) is 80.7 Å². The lowest BCUT2D eigenvalue weighted by Gasteiger charge is -2.35. The van der Waals surface area contributed by atoms with Gasteiger partial charge in [-0.1, -0.05) is 6.07 Å². The molecule has 2 fully saturated rings. The summed E-state index contributed by atoms with van der Waals surface area (Å²) in [5.41, 5.74) is 1.79. The van der Waals surface area contributed by atoms with Crippen molar-refractivity contribution in [2.24, 2.45) is 0 Å². The van der Waals surface area contributed by atoms with Gasteiger partial charge in [0.1, 0.15) is 5.75 Å². The number of nitrogens with zero attached hydrogens (tertiary/aromatic N) is 5. The topological polar surface area (TPSA) is 83.1 Å². The second-order valence-corrected chi connectivity index (χ2v) is 7.01. The molecule has 1 aromatic heterocycles. The molecule has 2 aromatic rings. The normalized spacial score (nSPS) is 17.2. The Bertz CT molecular complexity index is 834. The Morgan fingerprint density at radius 1 is 1.07 bits per heavy atom. The fourth-order valence-corrected chi connectivity index (χ4v) is 3.54. The average Bonchev–Trinajstić information content (AvgIpc) is 2.80. The number of rotatable bonds is 4. The van der Waals surface area contributed by atoms with Gasteiger partial charge < -0.3 is 29.5 Å². The molecule has 0 bridgehead atoms. The quantitative estimate of drug-likeness (QED) is 0.839. The number of aromatic nitrogens is 2. The second kappa shape index (κ2) is 8.95. The third-order valence-electron chi connectivity index (χ3n) is 5.22. The maximum absolute atomic E-state index is 12.6. The number of piperazine rings is 1. The Kier molecular flexibility index (Phi) is 5.95. The highest BCUT2D eigenvalue weighted by molar-refractivity contribution is 5.89. The largest absolute Gasteiger partial charge is 0.497 e. The summed E-state index contributed by atoms with van der Waals surface area (Å²) >= 11 is 0. The van der Waals surface area contributed by atoms with Crippen LogP contribution in [0.15, 0.2) is 36.5 Å². The van der Waals surface area contributed by atoms with E-state index < -0.39 is 0 Å². The highest BCUT2D eigenvalue weighted by atomic mass is 16.5. The summed E-state index contributed by atoms with van der Waals surface area (Å²) in [5.74, 6) is 1.56. The van der Waals surface area contributed by atoms with Gasteiger partial charge in [0.15, 0.2) is 5.82 Å². The van der Waals surface area contributed by atoms with E-state index in [1.165, 1.54) is 0 Å². The van der Waals surface area contributed by atoms with Gasteiger partial charge in [0.25, 0.3) is 0 Å². The van der Waals surface area contributed by atoms with Crippen molar-refractivity contribution in [3.63, 3.8) is 0 Å². The van der Waals surface area contributed by atoms with Gasteiger partial charge in [0.05, 0.1) is 32.2 Å². The molecule has 0 aliphatic carbocycles. The van der Waals surface area contributed by atoms with Crippen LogP contribution in [-0.2, 0) is 4.74 Å². The van der Waals surface area contributed by atoms with Gasteiger partial charge in [-0.25, -0.2) is 4.79 Å². The molecular formula is C20H26N6O3. The van der Waals surface area contributed by atoms with E-state index in [-0.39, 0.29) is 6.03 Å². The lowest BCUT2D eigenvalue weighted by atomic mass is 10.3. The first-order valence-electron chi connectivity index (χ1n) is 9.83. The number of anilines is 3. The number of hydrogen-bond donors (Lipinski definition) is 1. The van der Waals surface area contributed by atoms with Crippen molar-refractivity contribution in [1.29, 1.82) is 0 Å². The zero-order chi connectivity index (χ0) is 20.1. The Balaban J connectivity index is 1.33. The molecule has 1 aromatic carbocycles. The number of ether oxygens (including phenoxy) is 2. The molecule has 2 amide bonds. The van der Waals surface area contributed by atoms with Gasteiger partial charge in [-0.2, -0.15) is 5.10 Å². The lowest BCUT2D eigenvalue weighted by Crippen LogP contribution is -2.50. The first-order valence-corrected chi connectivity index (χ1v) is 9.83. The van der Waals surface area contributed by atoms with Crippen molar-refractivity contribution in [2.75, 3.05) is 74.7 Å². The minimum absolute atomic E-state index is 0.106. The number of amides is 2. The van der Waals surface area contributed by atoms with Gasteiger partial charge in [-0.3, -0.25) is 0 Å². The van der Waals surface area contributed by atoms with Gasteiger partial charge in [0, 0.05) is 57.1 Å². The summed E-state index contributed by atoms with van der Waals surface area (Å²) in [7, 11) is 1.61. The van der Waals surface area contributed by atoms with E-state index in [0.29, 0.717) is 31.9 Å². The third kappa shape index (κ3) is 4.68. The standard InChI is InChI=1S/C20H26N6O3/c1-28-18-4-2-3-16(13-18)22-20(27)26-7-5-25(6-8-26)19-14-17(15-21-23-19)24-9-11-29-12-10-24/h2-4,13-15H,5-12H2,1H3,(H,22,27). The van der Waals surface area contributed by atoms with E-state index in [1.807, 2.05) is 23.1 Å². The summed E-state index contributed by atoms with van der Waals surface area (Å²) in [6.07, 6.45) is 1.80. The van der Waals surface area contributed by atoms with Crippen LogP contribution in [0.25, 0.3) is 0 Å². The number of hydrogen-bond acceptors (Lipinski definition) is 7. The van der Waals surface area contributed by atoms with Gasteiger partial charge in [0.2, 0.25) is 0 Å². The summed E-state index contributed by atoms with van der Waals surface area (Å²) in [4.78, 5) is 18.8. The smallest absolute Gasteiger partial charge is 0.321 e. The van der Waals surface area contributed by atoms with E-state index in [1.54, 1.807) is 19.4 Å². The predicted molar refractivity (Wildman–Crippen MR) is 111 cm³/mol. The molecule has 29 heavy (non-hydrogen) atoms. The molecule has 0 atom stereocenters. The fraction of sp³-hybridized carbons (Fsp3) is 0.450. The molecule has 9 nitrogen and oxygen atoms in total. The SMILES string of the molecule is COc1cccc(NC(=O)N2CCN(c3cc(N4CCOCC4)cnn3)CC2)c1. The molecule has 2 aliphatic rings. The number of methoxy groups -OCH3 is 1. The molecule has 1 N–H and O–H groups in total. The second-order valence-electron chi connectivity index (χ2n) is 7.01. The molecule has 3 heterocycles. The maximum atomic E-state index is 12.6. The highest BCUT2D eigenvalue weighted by Crippen LogP contribution is 2.22. The molecule has 2 saturated heterocycles. The Labute approximate surface area is 170 Å². The van der Waals surface area contributed by atoms with E-state index in [4.69, 9.17) is 9.47 Å². The predicted octanol–water partition coefficient (Wildman–Crippen LogP) is 1.68. The van der Waals surface area contributed by atoms with Gasteiger partial charge >= 0.3 is 6.03 Å². The van der Waals surface area contributed by atoms with E-state index in [0.717, 1.165) is 43.5 Å². The minimum Gasteiger partial charge on any atom is -0.497 e. The summed E-state index contributed by atoms with van der Waals surface area (Å²) < 4.78 is 10.6. The Morgan fingerprint density at radius 2 is 1.86 bits per heavy atom. The van der Waals surface area contributed by atoms with Crippen LogP contribution in [0.1, 0.15) is 0 Å². The van der Waals surface area contributed by atoms with Crippen LogP contribution in [0.3, 0.4) is 0 Å². The molecule has 0 spiro atoms. The molecule has 0 saturated carbocycles. The van der Waals surface area contributed by atoms with Crippen molar-refractivity contribution >= 4 is 23.2 Å². The number of carbonyl (C=O) groups is 1. The molecule has 154 valence electrons. The number of benzene rings is 1. The van der Waals surface area contributed by atoms with E-state index in [9.17, 15) is 4.79 Å². The van der Waals surface area contributed by atoms with Crippen LogP contribution in [0.2, 0.25) is 0 Å². The molecule has 0 unspecified atom stereocenters. The fourth-order valence-electron chi connectivity index (χ4n) is 3.54. The molecule has 4 rings (SSSR count). The van der Waals surface area contributed by atoms with Gasteiger partial charge in [-0.05, 0) is 12.1 Å². The number of nitrogens with one attached hydrogen (secondary N) is 1. The molecular weight excluding hydrogens is 372 g/mol. The van der Waals surface area contributed by atoms with Crippen LogP contribution >= 0.6 is 0 Å². The summed E-state index contributed by atoms with van der Waals surface area (Å²) in [5, 5.41) is 11.4. The third-order valence-corrected chi connectivity index (χ3v) is 5.22. The van der Waals surface area contributed by atoms with Crippen LogP contribution in [0.5, 0.6) is 5.75 Å². The average molecular weight is 398 g/mol. The number of morpholine rings is 1. The van der Waals surface area contributed by atoms with Gasteiger partial charge in [-0.15, -0.1) is 5.10 Å². The minimum atomic E-state index is -0.106. The number of carbonyl (C=O) groups excluding carboxylic acids is 1. The molecule has 2 aliphatic heterocycles. The zero-order valence-corrected chi connectivity index (χ0v) is 16.6. The summed E-state index contributed by atoms with van der Waals surface area (Å²) in [6.45, 7) is 5.88. The molecule has 9 heteroatoms. The van der Waals surface area contributed by atoms with E-state index >= 15 is 0 Å². The first-order chi connectivity index (χ1) is 14.2. The molecule has 0 radical (unpaired) electrons.